The lowest BCUT2D eigenvalue weighted by Crippen LogP contribution is -2.07. The topological polar surface area (TPSA) is 49.3 Å². The molecule has 0 aliphatic heterocycles. The number of benzene rings is 1. The molecule has 15 heavy (non-hydrogen) atoms. The number of carbonyl (C=O) groups is 1. The van der Waals surface area contributed by atoms with Crippen LogP contribution in [0.2, 0.25) is 0 Å². The van der Waals surface area contributed by atoms with Crippen molar-refractivity contribution in [3.8, 4) is 0 Å². The number of alkyl halides is 1. The van der Waals surface area contributed by atoms with Gasteiger partial charge < -0.3 is 10.4 Å². The van der Waals surface area contributed by atoms with Gasteiger partial charge in [-0.25, -0.2) is 4.39 Å². The molecule has 0 saturated carbocycles. The molecular formula is C11H14FNO2. The predicted molar refractivity (Wildman–Crippen MR) is 56.7 cm³/mol. The van der Waals surface area contributed by atoms with Gasteiger partial charge in [-0.1, -0.05) is 12.1 Å². The number of halogens is 1. The molecule has 1 aromatic carbocycles. The molecule has 2 N–H and O–H groups in total. The minimum Gasteiger partial charge on any atom is -0.481 e. The minimum absolute atomic E-state index is 0.0707. The fourth-order valence-corrected chi connectivity index (χ4v) is 1.18. The van der Waals surface area contributed by atoms with Crippen molar-refractivity contribution in [2.75, 3.05) is 11.9 Å². The van der Waals surface area contributed by atoms with Crippen LogP contribution in [0.15, 0.2) is 24.3 Å². The summed E-state index contributed by atoms with van der Waals surface area (Å²) in [6.45, 7) is 1.85. The van der Waals surface area contributed by atoms with E-state index in [2.05, 4.69) is 5.32 Å². The average molecular weight is 211 g/mol. The van der Waals surface area contributed by atoms with Gasteiger partial charge in [-0.3, -0.25) is 4.79 Å². The number of carboxylic acid groups (broad SMARTS) is 1. The molecule has 1 atom stereocenters. The maximum absolute atomic E-state index is 12.8. The molecule has 1 unspecified atom stereocenters. The summed E-state index contributed by atoms with van der Waals surface area (Å²) >= 11 is 0. The Bertz CT molecular complexity index is 322. The maximum Gasteiger partial charge on any atom is 0.305 e. The zero-order chi connectivity index (χ0) is 11.3. The molecular weight excluding hydrogens is 197 g/mol. The van der Waals surface area contributed by atoms with E-state index < -0.39 is 12.1 Å². The number of anilines is 1. The second-order valence-corrected chi connectivity index (χ2v) is 3.31. The molecule has 0 fully saturated rings. The molecule has 0 aliphatic carbocycles. The first-order valence-electron chi connectivity index (χ1n) is 4.79. The van der Waals surface area contributed by atoms with E-state index >= 15 is 0 Å². The van der Waals surface area contributed by atoms with Crippen LogP contribution < -0.4 is 5.32 Å². The van der Waals surface area contributed by atoms with Gasteiger partial charge in [-0.05, 0) is 24.6 Å². The van der Waals surface area contributed by atoms with Crippen LogP contribution in [0.1, 0.15) is 25.1 Å². The van der Waals surface area contributed by atoms with Crippen LogP contribution in [-0.4, -0.2) is 17.6 Å². The highest BCUT2D eigenvalue weighted by molar-refractivity contribution is 5.67. The highest BCUT2D eigenvalue weighted by Crippen LogP contribution is 2.18. The summed E-state index contributed by atoms with van der Waals surface area (Å²) in [6.07, 6.45) is -0.903. The summed E-state index contributed by atoms with van der Waals surface area (Å²) in [5, 5.41) is 11.4. The Balaban J connectivity index is 2.46. The summed E-state index contributed by atoms with van der Waals surface area (Å²) in [7, 11) is 0. The number of nitrogens with one attached hydrogen (secondary N) is 1. The Hall–Kier alpha value is -1.58. The van der Waals surface area contributed by atoms with E-state index in [1.54, 1.807) is 24.3 Å². The molecule has 0 amide bonds. The van der Waals surface area contributed by atoms with Crippen LogP contribution in [0.4, 0.5) is 10.1 Å². The summed E-state index contributed by atoms with van der Waals surface area (Å²) < 4.78 is 12.8. The first kappa shape index (κ1) is 11.5. The van der Waals surface area contributed by atoms with Crippen LogP contribution in [0.25, 0.3) is 0 Å². The lowest BCUT2D eigenvalue weighted by molar-refractivity contribution is -0.136. The molecule has 0 aromatic heterocycles. The third-order valence-electron chi connectivity index (χ3n) is 2.04. The molecule has 82 valence electrons. The molecule has 1 rings (SSSR count). The van der Waals surface area contributed by atoms with Gasteiger partial charge in [0.15, 0.2) is 0 Å². The van der Waals surface area contributed by atoms with E-state index in [0.29, 0.717) is 12.1 Å². The van der Waals surface area contributed by atoms with Crippen LogP contribution in [0.3, 0.4) is 0 Å². The molecule has 0 saturated heterocycles. The van der Waals surface area contributed by atoms with Gasteiger partial charge in [0.2, 0.25) is 0 Å². The van der Waals surface area contributed by atoms with Crippen molar-refractivity contribution in [3.05, 3.63) is 29.8 Å². The Labute approximate surface area is 87.9 Å². The smallest absolute Gasteiger partial charge is 0.305 e. The van der Waals surface area contributed by atoms with E-state index in [0.717, 1.165) is 5.69 Å². The van der Waals surface area contributed by atoms with Gasteiger partial charge in [0, 0.05) is 12.2 Å². The highest BCUT2D eigenvalue weighted by atomic mass is 19.1. The molecule has 0 heterocycles. The van der Waals surface area contributed by atoms with E-state index in [9.17, 15) is 9.18 Å². The first-order valence-corrected chi connectivity index (χ1v) is 4.79. The monoisotopic (exact) mass is 211 g/mol. The summed E-state index contributed by atoms with van der Waals surface area (Å²) in [5.41, 5.74) is 1.43. The van der Waals surface area contributed by atoms with Gasteiger partial charge in [0.25, 0.3) is 0 Å². The quantitative estimate of drug-likeness (QED) is 0.787. The maximum atomic E-state index is 12.8. The molecule has 0 aliphatic rings. The van der Waals surface area contributed by atoms with Gasteiger partial charge in [-0.15, -0.1) is 0 Å². The minimum atomic E-state index is -0.974. The van der Waals surface area contributed by atoms with Gasteiger partial charge in [-0.2, -0.15) is 0 Å². The van der Waals surface area contributed by atoms with Crippen LogP contribution in [0.5, 0.6) is 0 Å². The second-order valence-electron chi connectivity index (χ2n) is 3.31. The lowest BCUT2D eigenvalue weighted by atomic mass is 10.1. The van der Waals surface area contributed by atoms with Gasteiger partial charge in [0.1, 0.15) is 6.17 Å². The molecule has 4 heteroatoms. The Morgan fingerprint density at radius 2 is 2.07 bits per heavy atom. The largest absolute Gasteiger partial charge is 0.481 e. The van der Waals surface area contributed by atoms with Crippen molar-refractivity contribution in [3.63, 3.8) is 0 Å². The van der Waals surface area contributed by atoms with Crippen LogP contribution in [0, 0.1) is 0 Å². The lowest BCUT2D eigenvalue weighted by Gasteiger charge is -2.06. The van der Waals surface area contributed by atoms with Crippen molar-refractivity contribution in [1.82, 2.24) is 0 Å². The van der Waals surface area contributed by atoms with Crippen molar-refractivity contribution >= 4 is 11.7 Å². The van der Waals surface area contributed by atoms with Crippen molar-refractivity contribution in [1.29, 1.82) is 0 Å². The summed E-state index contributed by atoms with van der Waals surface area (Å²) in [6, 6.07) is 6.86. The Morgan fingerprint density at radius 1 is 1.47 bits per heavy atom. The third-order valence-corrected chi connectivity index (χ3v) is 2.04. The average Bonchev–Trinajstić information content (AvgIpc) is 2.18. The normalized spacial score (nSPS) is 12.1. The van der Waals surface area contributed by atoms with Crippen molar-refractivity contribution < 1.29 is 14.3 Å². The third kappa shape index (κ3) is 3.97. The Morgan fingerprint density at radius 3 is 2.53 bits per heavy atom. The number of carboxylic acids is 1. The van der Waals surface area contributed by atoms with Crippen molar-refractivity contribution in [2.45, 2.75) is 19.5 Å². The molecule has 1 aromatic rings. The SMILES string of the molecule is CC(F)c1ccc(NCCC(=O)O)cc1. The van der Waals surface area contributed by atoms with Crippen LogP contribution in [-0.2, 0) is 4.79 Å². The van der Waals surface area contributed by atoms with E-state index in [1.165, 1.54) is 6.92 Å². The van der Waals surface area contributed by atoms with Gasteiger partial charge >= 0.3 is 5.97 Å². The number of aliphatic carboxylic acids is 1. The zero-order valence-electron chi connectivity index (χ0n) is 8.53. The summed E-state index contributed by atoms with van der Waals surface area (Å²) in [4.78, 5) is 10.2. The number of hydrogen-bond donors (Lipinski definition) is 2. The molecule has 0 spiro atoms. The number of rotatable bonds is 5. The second kappa shape index (κ2) is 5.34. The molecule has 3 nitrogen and oxygen atoms in total. The van der Waals surface area contributed by atoms with Gasteiger partial charge in [0.05, 0.1) is 6.42 Å². The predicted octanol–water partition coefficient (Wildman–Crippen LogP) is 2.60. The van der Waals surface area contributed by atoms with Crippen LogP contribution >= 0.6 is 0 Å². The summed E-state index contributed by atoms with van der Waals surface area (Å²) in [5.74, 6) is -0.837. The van der Waals surface area contributed by atoms with E-state index in [4.69, 9.17) is 5.11 Å². The zero-order valence-corrected chi connectivity index (χ0v) is 8.53. The first-order chi connectivity index (χ1) is 7.09. The molecule has 0 bridgehead atoms. The molecule has 0 radical (unpaired) electrons. The fraction of sp³-hybridized carbons (Fsp3) is 0.364. The van der Waals surface area contributed by atoms with E-state index in [1.807, 2.05) is 0 Å². The van der Waals surface area contributed by atoms with Crippen molar-refractivity contribution in [2.24, 2.45) is 0 Å². The fourth-order valence-electron chi connectivity index (χ4n) is 1.18. The number of hydrogen-bond acceptors (Lipinski definition) is 2. The van der Waals surface area contributed by atoms with E-state index in [-0.39, 0.29) is 6.42 Å². The standard InChI is InChI=1S/C11H14FNO2/c1-8(12)9-2-4-10(5-3-9)13-7-6-11(14)15/h2-5,8,13H,6-7H2,1H3,(H,14,15). The highest BCUT2D eigenvalue weighted by Gasteiger charge is 2.02. The Kier molecular flexibility index (Phi) is 4.09.